The average molecular weight is 389 g/mol. The van der Waals surface area contributed by atoms with E-state index in [0.29, 0.717) is 25.2 Å². The number of carboxylic acids is 1. The molecule has 3 aromatic rings. The maximum absolute atomic E-state index is 13.0. The van der Waals surface area contributed by atoms with Crippen LogP contribution in [0.25, 0.3) is 0 Å². The Kier molecular flexibility index (Phi) is 5.42. The zero-order valence-electron chi connectivity index (χ0n) is 16.1. The summed E-state index contributed by atoms with van der Waals surface area (Å²) in [5.74, 6) is -0.809. The summed E-state index contributed by atoms with van der Waals surface area (Å²) in [5, 5.41) is 13.6. The zero-order valence-corrected chi connectivity index (χ0v) is 16.1. The molecule has 0 bridgehead atoms. The average Bonchev–Trinajstić information content (AvgIpc) is 3.22. The fourth-order valence-corrected chi connectivity index (χ4v) is 3.87. The minimum absolute atomic E-state index is 0.0246. The van der Waals surface area contributed by atoms with Crippen molar-refractivity contribution in [2.75, 3.05) is 13.1 Å². The van der Waals surface area contributed by atoms with E-state index in [0.717, 1.165) is 24.0 Å². The van der Waals surface area contributed by atoms with Crippen molar-refractivity contribution >= 4 is 11.9 Å². The molecule has 1 N–H and O–H groups in total. The van der Waals surface area contributed by atoms with Gasteiger partial charge >= 0.3 is 5.97 Å². The van der Waals surface area contributed by atoms with Gasteiger partial charge in [-0.2, -0.15) is 5.10 Å². The van der Waals surface area contributed by atoms with E-state index in [1.54, 1.807) is 35.3 Å². The number of aromatic carboxylic acids is 1. The van der Waals surface area contributed by atoms with Gasteiger partial charge in [0.25, 0.3) is 5.91 Å². The Morgan fingerprint density at radius 3 is 2.69 bits per heavy atom. The second-order valence-corrected chi connectivity index (χ2v) is 7.43. The molecular weight excluding hydrogens is 366 g/mol. The molecule has 1 atom stereocenters. The number of piperidine rings is 1. The highest BCUT2D eigenvalue weighted by Gasteiger charge is 2.26. The van der Waals surface area contributed by atoms with E-state index in [4.69, 9.17) is 0 Å². The van der Waals surface area contributed by atoms with Crippen LogP contribution in [0.15, 0.2) is 67.0 Å². The standard InChI is InChI=1S/C23H23N3O3/c27-22(21-13-24-26(16-21)14-17-6-2-1-3-7-17)25-11-5-10-20(15-25)18-8-4-9-19(12-18)23(28)29/h1-4,6-9,12-13,16,20H,5,10-11,14-15H2,(H,28,29)/t20-/m0/s1. The van der Waals surface area contributed by atoms with Crippen molar-refractivity contribution in [3.63, 3.8) is 0 Å². The highest BCUT2D eigenvalue weighted by molar-refractivity contribution is 5.94. The number of benzene rings is 2. The molecule has 0 unspecified atom stereocenters. The zero-order chi connectivity index (χ0) is 20.2. The van der Waals surface area contributed by atoms with Crippen LogP contribution in [0, 0.1) is 0 Å². The summed E-state index contributed by atoms with van der Waals surface area (Å²) in [6.45, 7) is 1.92. The van der Waals surface area contributed by atoms with E-state index in [1.807, 2.05) is 41.3 Å². The SMILES string of the molecule is O=C(O)c1cccc([C@H]2CCCN(C(=O)c3cnn(Cc4ccccc4)c3)C2)c1. The lowest BCUT2D eigenvalue weighted by atomic mass is 9.89. The van der Waals surface area contributed by atoms with Gasteiger partial charge < -0.3 is 10.0 Å². The normalized spacial score (nSPS) is 16.6. The molecular formula is C23H23N3O3. The van der Waals surface area contributed by atoms with Crippen LogP contribution >= 0.6 is 0 Å². The molecule has 1 amide bonds. The number of amides is 1. The van der Waals surface area contributed by atoms with Crippen LogP contribution in [0.5, 0.6) is 0 Å². The number of aromatic nitrogens is 2. The van der Waals surface area contributed by atoms with E-state index >= 15 is 0 Å². The van der Waals surface area contributed by atoms with Gasteiger partial charge in [0.05, 0.1) is 23.9 Å². The van der Waals surface area contributed by atoms with Crippen molar-refractivity contribution < 1.29 is 14.7 Å². The van der Waals surface area contributed by atoms with Crippen molar-refractivity contribution in [3.05, 3.63) is 89.2 Å². The van der Waals surface area contributed by atoms with Crippen LogP contribution in [0.1, 0.15) is 50.6 Å². The molecule has 0 radical (unpaired) electrons. The Hall–Kier alpha value is -3.41. The summed E-state index contributed by atoms with van der Waals surface area (Å²) < 4.78 is 1.78. The van der Waals surface area contributed by atoms with Gasteiger partial charge in [0, 0.05) is 25.2 Å². The first-order chi connectivity index (χ1) is 14.1. The van der Waals surface area contributed by atoms with Gasteiger partial charge in [-0.25, -0.2) is 4.79 Å². The number of carboxylic acid groups (broad SMARTS) is 1. The second-order valence-electron chi connectivity index (χ2n) is 7.43. The van der Waals surface area contributed by atoms with E-state index in [9.17, 15) is 14.7 Å². The van der Waals surface area contributed by atoms with Gasteiger partial charge in [-0.15, -0.1) is 0 Å². The van der Waals surface area contributed by atoms with Crippen molar-refractivity contribution in [2.24, 2.45) is 0 Å². The van der Waals surface area contributed by atoms with E-state index in [-0.39, 0.29) is 17.4 Å². The summed E-state index contributed by atoms with van der Waals surface area (Å²) in [4.78, 5) is 26.1. The number of carbonyl (C=O) groups is 2. The van der Waals surface area contributed by atoms with Gasteiger partial charge in [-0.05, 0) is 36.1 Å². The number of hydrogen-bond donors (Lipinski definition) is 1. The molecule has 1 aliphatic rings. The highest BCUT2D eigenvalue weighted by atomic mass is 16.4. The minimum Gasteiger partial charge on any atom is -0.478 e. The Bertz CT molecular complexity index is 1010. The number of rotatable bonds is 5. The molecule has 1 aliphatic heterocycles. The molecule has 4 rings (SSSR count). The summed E-state index contributed by atoms with van der Waals surface area (Å²) in [5.41, 5.74) is 2.97. The maximum atomic E-state index is 13.0. The molecule has 29 heavy (non-hydrogen) atoms. The Balaban J connectivity index is 1.45. The molecule has 0 spiro atoms. The summed E-state index contributed by atoms with van der Waals surface area (Å²) in [7, 11) is 0. The number of likely N-dealkylation sites (tertiary alicyclic amines) is 1. The van der Waals surface area contributed by atoms with Crippen LogP contribution in [-0.4, -0.2) is 44.8 Å². The third-order valence-electron chi connectivity index (χ3n) is 5.38. The maximum Gasteiger partial charge on any atom is 0.335 e. The third-order valence-corrected chi connectivity index (χ3v) is 5.38. The molecule has 2 aromatic carbocycles. The van der Waals surface area contributed by atoms with Crippen LogP contribution in [0.3, 0.4) is 0 Å². The Morgan fingerprint density at radius 2 is 1.90 bits per heavy atom. The molecule has 0 aliphatic carbocycles. The van der Waals surface area contributed by atoms with Crippen molar-refractivity contribution in [1.82, 2.24) is 14.7 Å². The number of hydrogen-bond acceptors (Lipinski definition) is 3. The lowest BCUT2D eigenvalue weighted by molar-refractivity contribution is 0.0687. The molecule has 6 nitrogen and oxygen atoms in total. The predicted molar refractivity (Wildman–Crippen MR) is 109 cm³/mol. The molecule has 1 saturated heterocycles. The minimum atomic E-state index is -0.929. The monoisotopic (exact) mass is 389 g/mol. The summed E-state index contributed by atoms with van der Waals surface area (Å²) in [6, 6.07) is 17.0. The molecule has 1 aromatic heterocycles. The van der Waals surface area contributed by atoms with Crippen molar-refractivity contribution in [1.29, 1.82) is 0 Å². The van der Waals surface area contributed by atoms with E-state index in [2.05, 4.69) is 5.10 Å². The first-order valence-corrected chi connectivity index (χ1v) is 9.79. The van der Waals surface area contributed by atoms with Gasteiger partial charge in [-0.1, -0.05) is 42.5 Å². The van der Waals surface area contributed by atoms with Crippen LogP contribution in [-0.2, 0) is 6.54 Å². The van der Waals surface area contributed by atoms with Gasteiger partial charge in [0.1, 0.15) is 0 Å². The largest absolute Gasteiger partial charge is 0.478 e. The lowest BCUT2D eigenvalue weighted by Gasteiger charge is -2.33. The second kappa shape index (κ2) is 8.31. The molecule has 1 fully saturated rings. The van der Waals surface area contributed by atoms with Crippen LogP contribution < -0.4 is 0 Å². The first-order valence-electron chi connectivity index (χ1n) is 9.79. The smallest absolute Gasteiger partial charge is 0.335 e. The Morgan fingerprint density at radius 1 is 1.07 bits per heavy atom. The Labute approximate surface area is 169 Å². The van der Waals surface area contributed by atoms with Crippen LogP contribution in [0.2, 0.25) is 0 Å². The summed E-state index contributed by atoms with van der Waals surface area (Å²) in [6.07, 6.45) is 5.26. The quantitative estimate of drug-likeness (QED) is 0.723. The number of carbonyl (C=O) groups excluding carboxylic acids is 1. The van der Waals surface area contributed by atoms with E-state index in [1.165, 1.54) is 0 Å². The fourth-order valence-electron chi connectivity index (χ4n) is 3.87. The third kappa shape index (κ3) is 4.37. The van der Waals surface area contributed by atoms with Crippen LogP contribution in [0.4, 0.5) is 0 Å². The molecule has 6 heteroatoms. The van der Waals surface area contributed by atoms with Crippen molar-refractivity contribution in [2.45, 2.75) is 25.3 Å². The molecule has 148 valence electrons. The lowest BCUT2D eigenvalue weighted by Crippen LogP contribution is -2.39. The van der Waals surface area contributed by atoms with Gasteiger partial charge in [-0.3, -0.25) is 9.48 Å². The highest BCUT2D eigenvalue weighted by Crippen LogP contribution is 2.28. The first kappa shape index (κ1) is 18.9. The predicted octanol–water partition coefficient (Wildman–Crippen LogP) is 3.65. The molecule has 0 saturated carbocycles. The fraction of sp³-hybridized carbons (Fsp3) is 0.261. The van der Waals surface area contributed by atoms with E-state index < -0.39 is 5.97 Å². The molecule has 2 heterocycles. The van der Waals surface area contributed by atoms with Crippen molar-refractivity contribution in [3.8, 4) is 0 Å². The van der Waals surface area contributed by atoms with Gasteiger partial charge in [0.15, 0.2) is 0 Å². The summed E-state index contributed by atoms with van der Waals surface area (Å²) >= 11 is 0. The topological polar surface area (TPSA) is 75.4 Å². The number of nitrogens with zero attached hydrogens (tertiary/aromatic N) is 3. The van der Waals surface area contributed by atoms with Gasteiger partial charge in [0.2, 0.25) is 0 Å².